The SMILES string of the molecule is CCn1cccc1C(=O)C1CCCCN1. The van der Waals surface area contributed by atoms with E-state index in [4.69, 9.17) is 0 Å². The zero-order valence-electron chi connectivity index (χ0n) is 9.20. The van der Waals surface area contributed by atoms with Crippen LogP contribution in [-0.2, 0) is 6.54 Å². The molecule has 1 aromatic rings. The summed E-state index contributed by atoms with van der Waals surface area (Å²) in [6, 6.07) is 3.90. The number of aromatic nitrogens is 1. The summed E-state index contributed by atoms with van der Waals surface area (Å²) in [4.78, 5) is 12.2. The third-order valence-electron chi connectivity index (χ3n) is 3.05. The van der Waals surface area contributed by atoms with Crippen molar-refractivity contribution in [1.29, 1.82) is 0 Å². The first-order chi connectivity index (χ1) is 7.33. The van der Waals surface area contributed by atoms with Crippen molar-refractivity contribution in [3.8, 4) is 0 Å². The molecule has 0 amide bonds. The lowest BCUT2D eigenvalue weighted by molar-refractivity contribution is 0.0918. The van der Waals surface area contributed by atoms with E-state index in [0.717, 1.165) is 31.6 Å². The Hall–Kier alpha value is -1.09. The van der Waals surface area contributed by atoms with Gasteiger partial charge in [0, 0.05) is 12.7 Å². The number of ketones is 1. The number of hydrogen-bond acceptors (Lipinski definition) is 2. The molecule has 15 heavy (non-hydrogen) atoms. The fourth-order valence-corrected chi connectivity index (χ4v) is 2.17. The highest BCUT2D eigenvalue weighted by Crippen LogP contribution is 2.13. The molecule has 1 fully saturated rings. The second-order valence-electron chi connectivity index (χ2n) is 4.05. The standard InChI is InChI=1S/C12H18N2O/c1-2-14-9-5-7-11(14)12(15)10-6-3-4-8-13-10/h5,7,9-10,13H,2-4,6,8H2,1H3. The maximum atomic E-state index is 12.2. The van der Waals surface area contributed by atoms with Crippen LogP contribution in [0.5, 0.6) is 0 Å². The first-order valence-electron chi connectivity index (χ1n) is 5.75. The number of nitrogens with zero attached hydrogens (tertiary/aromatic N) is 1. The molecule has 1 atom stereocenters. The molecule has 3 nitrogen and oxygen atoms in total. The molecule has 1 unspecified atom stereocenters. The van der Waals surface area contributed by atoms with E-state index in [1.165, 1.54) is 6.42 Å². The Bertz CT molecular complexity index is 337. The Morgan fingerprint density at radius 1 is 1.60 bits per heavy atom. The second kappa shape index (κ2) is 4.62. The third-order valence-corrected chi connectivity index (χ3v) is 3.05. The average Bonchev–Trinajstić information content (AvgIpc) is 2.77. The van der Waals surface area contributed by atoms with E-state index in [1.54, 1.807) is 0 Å². The van der Waals surface area contributed by atoms with Crippen LogP contribution in [-0.4, -0.2) is 22.9 Å². The van der Waals surface area contributed by atoms with Gasteiger partial charge in [-0.2, -0.15) is 0 Å². The lowest BCUT2D eigenvalue weighted by Gasteiger charge is -2.22. The molecule has 0 bridgehead atoms. The van der Waals surface area contributed by atoms with Crippen molar-refractivity contribution in [2.24, 2.45) is 0 Å². The van der Waals surface area contributed by atoms with Gasteiger partial charge in [-0.25, -0.2) is 0 Å². The Kier molecular flexibility index (Phi) is 3.21. The molecule has 2 heterocycles. The predicted molar refractivity (Wildman–Crippen MR) is 60.1 cm³/mol. The van der Waals surface area contributed by atoms with Gasteiger partial charge in [-0.1, -0.05) is 6.42 Å². The first kappa shape index (κ1) is 10.4. The topological polar surface area (TPSA) is 34.0 Å². The monoisotopic (exact) mass is 206 g/mol. The first-order valence-corrected chi connectivity index (χ1v) is 5.75. The minimum Gasteiger partial charge on any atom is -0.345 e. The van der Waals surface area contributed by atoms with E-state index in [1.807, 2.05) is 22.9 Å². The van der Waals surface area contributed by atoms with E-state index in [-0.39, 0.29) is 11.8 Å². The van der Waals surface area contributed by atoms with Crippen LogP contribution in [0.2, 0.25) is 0 Å². The Labute approximate surface area is 90.5 Å². The summed E-state index contributed by atoms with van der Waals surface area (Å²) < 4.78 is 2.01. The molecule has 1 aliphatic heterocycles. The fourth-order valence-electron chi connectivity index (χ4n) is 2.17. The van der Waals surface area contributed by atoms with Crippen molar-refractivity contribution in [2.45, 2.75) is 38.8 Å². The zero-order chi connectivity index (χ0) is 10.7. The number of carbonyl (C=O) groups is 1. The second-order valence-corrected chi connectivity index (χ2v) is 4.05. The van der Waals surface area contributed by atoms with Crippen LogP contribution >= 0.6 is 0 Å². The highest BCUT2D eigenvalue weighted by molar-refractivity contribution is 5.98. The number of rotatable bonds is 3. The minimum absolute atomic E-state index is 0.0407. The number of hydrogen-bond donors (Lipinski definition) is 1. The molecular weight excluding hydrogens is 188 g/mol. The van der Waals surface area contributed by atoms with Gasteiger partial charge in [-0.15, -0.1) is 0 Å². The molecule has 1 aromatic heterocycles. The van der Waals surface area contributed by atoms with Gasteiger partial charge < -0.3 is 9.88 Å². The molecule has 3 heteroatoms. The normalized spacial score (nSPS) is 21.5. The zero-order valence-corrected chi connectivity index (χ0v) is 9.20. The minimum atomic E-state index is 0.0407. The molecule has 0 radical (unpaired) electrons. The van der Waals surface area contributed by atoms with Crippen molar-refractivity contribution in [3.63, 3.8) is 0 Å². The summed E-state index contributed by atoms with van der Waals surface area (Å²) in [7, 11) is 0. The van der Waals surface area contributed by atoms with Crippen LogP contribution in [0.15, 0.2) is 18.3 Å². The number of carbonyl (C=O) groups excluding carboxylic acids is 1. The number of aryl methyl sites for hydroxylation is 1. The van der Waals surface area contributed by atoms with Crippen molar-refractivity contribution in [3.05, 3.63) is 24.0 Å². The Morgan fingerprint density at radius 3 is 3.13 bits per heavy atom. The largest absolute Gasteiger partial charge is 0.345 e. The molecule has 0 saturated carbocycles. The molecule has 0 aromatic carbocycles. The molecular formula is C12H18N2O. The smallest absolute Gasteiger partial charge is 0.196 e. The van der Waals surface area contributed by atoms with Crippen molar-refractivity contribution < 1.29 is 4.79 Å². The molecule has 1 aliphatic rings. The van der Waals surface area contributed by atoms with Crippen LogP contribution in [0.1, 0.15) is 36.7 Å². The number of Topliss-reactive ketones (excluding diaryl/α,β-unsaturated/α-hetero) is 1. The summed E-state index contributed by atoms with van der Waals surface area (Å²) in [5.41, 5.74) is 0.844. The van der Waals surface area contributed by atoms with Crippen molar-refractivity contribution >= 4 is 5.78 Å². The van der Waals surface area contributed by atoms with Gasteiger partial charge in [-0.3, -0.25) is 4.79 Å². The van der Waals surface area contributed by atoms with Crippen LogP contribution in [0.25, 0.3) is 0 Å². The van der Waals surface area contributed by atoms with Crippen LogP contribution < -0.4 is 5.32 Å². The summed E-state index contributed by atoms with van der Waals surface area (Å²) in [6.45, 7) is 3.90. The van der Waals surface area contributed by atoms with Crippen molar-refractivity contribution in [2.75, 3.05) is 6.54 Å². The van der Waals surface area contributed by atoms with Crippen molar-refractivity contribution in [1.82, 2.24) is 9.88 Å². The van der Waals surface area contributed by atoms with E-state index >= 15 is 0 Å². The van der Waals surface area contributed by atoms with Gasteiger partial charge in [0.25, 0.3) is 0 Å². The van der Waals surface area contributed by atoms with Gasteiger partial charge in [0.2, 0.25) is 0 Å². The maximum absolute atomic E-state index is 12.2. The average molecular weight is 206 g/mol. The highest BCUT2D eigenvalue weighted by Gasteiger charge is 2.23. The lowest BCUT2D eigenvalue weighted by Crippen LogP contribution is -2.41. The van der Waals surface area contributed by atoms with E-state index < -0.39 is 0 Å². The van der Waals surface area contributed by atoms with Gasteiger partial charge in [0.1, 0.15) is 0 Å². The Morgan fingerprint density at radius 2 is 2.47 bits per heavy atom. The number of nitrogens with one attached hydrogen (secondary N) is 1. The van der Waals surface area contributed by atoms with E-state index in [0.29, 0.717) is 0 Å². The molecule has 1 saturated heterocycles. The molecule has 82 valence electrons. The Balaban J connectivity index is 2.12. The molecule has 1 N–H and O–H groups in total. The van der Waals surface area contributed by atoms with Crippen LogP contribution in [0, 0.1) is 0 Å². The summed E-state index contributed by atoms with van der Waals surface area (Å²) in [5.74, 6) is 0.251. The van der Waals surface area contributed by atoms with Gasteiger partial charge >= 0.3 is 0 Å². The number of piperidine rings is 1. The molecule has 2 rings (SSSR count). The third kappa shape index (κ3) is 2.12. The maximum Gasteiger partial charge on any atom is 0.196 e. The summed E-state index contributed by atoms with van der Waals surface area (Å²) in [6.07, 6.45) is 5.30. The lowest BCUT2D eigenvalue weighted by atomic mass is 9.99. The quantitative estimate of drug-likeness (QED) is 0.766. The van der Waals surface area contributed by atoms with Gasteiger partial charge in [0.05, 0.1) is 11.7 Å². The van der Waals surface area contributed by atoms with E-state index in [2.05, 4.69) is 12.2 Å². The van der Waals surface area contributed by atoms with Crippen LogP contribution in [0.4, 0.5) is 0 Å². The molecule has 0 aliphatic carbocycles. The van der Waals surface area contributed by atoms with Gasteiger partial charge in [0.15, 0.2) is 5.78 Å². The summed E-state index contributed by atoms with van der Waals surface area (Å²) >= 11 is 0. The van der Waals surface area contributed by atoms with E-state index in [9.17, 15) is 4.79 Å². The van der Waals surface area contributed by atoms with Gasteiger partial charge in [-0.05, 0) is 38.4 Å². The predicted octanol–water partition coefficient (Wildman–Crippen LogP) is 1.83. The highest BCUT2D eigenvalue weighted by atomic mass is 16.1. The summed E-state index contributed by atoms with van der Waals surface area (Å²) in [5, 5.41) is 3.30. The fraction of sp³-hybridized carbons (Fsp3) is 0.583. The molecule has 0 spiro atoms. The van der Waals surface area contributed by atoms with Crippen LogP contribution in [0.3, 0.4) is 0 Å².